The van der Waals surface area contributed by atoms with Gasteiger partial charge in [0.1, 0.15) is 0 Å². The van der Waals surface area contributed by atoms with Crippen molar-refractivity contribution in [3.05, 3.63) is 35.9 Å². The van der Waals surface area contributed by atoms with Crippen molar-refractivity contribution in [1.82, 2.24) is 0 Å². The molecule has 0 heterocycles. The van der Waals surface area contributed by atoms with E-state index in [0.29, 0.717) is 52.9 Å². The number of hydrogen-bond donors (Lipinski definition) is 0. The van der Waals surface area contributed by atoms with Gasteiger partial charge in [-0.05, 0) is 5.56 Å². The fraction of sp³-hybridized carbons (Fsp3) is 0.667. The average Bonchev–Trinajstić information content (AvgIpc) is 2.67. The van der Waals surface area contributed by atoms with Crippen LogP contribution < -0.4 is 0 Å². The van der Waals surface area contributed by atoms with E-state index < -0.39 is 0 Å². The Bertz CT molecular complexity index is 408. The molecule has 0 unspecified atom stereocenters. The van der Waals surface area contributed by atoms with E-state index in [2.05, 4.69) is 59.9 Å². The van der Waals surface area contributed by atoms with Crippen molar-refractivity contribution in [2.75, 3.05) is 62.2 Å². The van der Waals surface area contributed by atoms with Crippen LogP contribution in [0.5, 0.6) is 0 Å². The summed E-state index contributed by atoms with van der Waals surface area (Å²) in [6.45, 7) is 4.80. The molecule has 1 aromatic rings. The minimum Gasteiger partial charge on any atom is -0.378 e. The molecule has 0 fully saturated rings. The largest absolute Gasteiger partial charge is 0.378 e. The molecule has 7 heteroatoms. The van der Waals surface area contributed by atoms with Crippen molar-refractivity contribution in [3.8, 4) is 0 Å². The monoisotopic (exact) mass is 544 g/mol. The predicted molar refractivity (Wildman–Crippen MR) is 112 cm³/mol. The fourth-order valence-corrected chi connectivity index (χ4v) is 5.10. The van der Waals surface area contributed by atoms with Gasteiger partial charge in [-0.3, -0.25) is 0 Å². The first kappa shape index (κ1) is 23.5. The molecule has 0 aliphatic rings. The standard InChI is InChI=1S/C18H27Br3O4/c19-13-18(14-20,15-21)16-25-11-9-23-7-6-22-8-10-24-12-17-4-2-1-3-5-17/h1-5H,6-16H2. The van der Waals surface area contributed by atoms with Gasteiger partial charge in [0.05, 0.1) is 52.9 Å². The maximum Gasteiger partial charge on any atom is 0.0718 e. The van der Waals surface area contributed by atoms with Crippen molar-refractivity contribution in [3.63, 3.8) is 0 Å². The quantitative estimate of drug-likeness (QED) is 0.227. The molecule has 4 nitrogen and oxygen atoms in total. The molecule has 1 aromatic carbocycles. The molecule has 144 valence electrons. The van der Waals surface area contributed by atoms with Crippen molar-refractivity contribution in [1.29, 1.82) is 0 Å². The van der Waals surface area contributed by atoms with Crippen molar-refractivity contribution in [2.45, 2.75) is 6.61 Å². The Morgan fingerprint density at radius 3 is 1.64 bits per heavy atom. The summed E-state index contributed by atoms with van der Waals surface area (Å²) in [5.74, 6) is 0. The zero-order valence-electron chi connectivity index (χ0n) is 14.4. The van der Waals surface area contributed by atoms with Gasteiger partial charge in [0.15, 0.2) is 0 Å². The topological polar surface area (TPSA) is 36.9 Å². The third-order valence-corrected chi connectivity index (χ3v) is 7.05. The summed E-state index contributed by atoms with van der Waals surface area (Å²) >= 11 is 10.6. The van der Waals surface area contributed by atoms with E-state index in [1.165, 1.54) is 5.56 Å². The summed E-state index contributed by atoms with van der Waals surface area (Å²) in [6, 6.07) is 10.1. The first-order chi connectivity index (χ1) is 12.3. The van der Waals surface area contributed by atoms with E-state index in [4.69, 9.17) is 18.9 Å². The van der Waals surface area contributed by atoms with Crippen LogP contribution in [0.2, 0.25) is 0 Å². The van der Waals surface area contributed by atoms with E-state index >= 15 is 0 Å². The van der Waals surface area contributed by atoms with Gasteiger partial charge in [-0.2, -0.15) is 0 Å². The Morgan fingerprint density at radius 2 is 1.12 bits per heavy atom. The molecular weight excluding hydrogens is 520 g/mol. The highest BCUT2D eigenvalue weighted by Crippen LogP contribution is 2.26. The second kappa shape index (κ2) is 15.5. The van der Waals surface area contributed by atoms with E-state index in [9.17, 15) is 0 Å². The number of rotatable bonds is 16. The smallest absolute Gasteiger partial charge is 0.0718 e. The van der Waals surface area contributed by atoms with Crippen molar-refractivity contribution >= 4 is 47.8 Å². The van der Waals surface area contributed by atoms with E-state index in [0.717, 1.165) is 16.0 Å². The predicted octanol–water partition coefficient (Wildman–Crippen LogP) is 4.42. The van der Waals surface area contributed by atoms with Gasteiger partial charge < -0.3 is 18.9 Å². The highest BCUT2D eigenvalue weighted by molar-refractivity contribution is 9.10. The number of alkyl halides is 3. The van der Waals surface area contributed by atoms with Crippen LogP contribution in [0, 0.1) is 5.41 Å². The van der Waals surface area contributed by atoms with Gasteiger partial charge in [0.2, 0.25) is 0 Å². The summed E-state index contributed by atoms with van der Waals surface area (Å²) < 4.78 is 22.2. The maximum atomic E-state index is 5.70. The molecule has 0 radical (unpaired) electrons. The van der Waals surface area contributed by atoms with Crippen LogP contribution in [-0.4, -0.2) is 62.2 Å². The van der Waals surface area contributed by atoms with Gasteiger partial charge in [0, 0.05) is 21.4 Å². The Balaban J connectivity index is 1.86. The fourth-order valence-electron chi connectivity index (χ4n) is 1.83. The zero-order chi connectivity index (χ0) is 18.2. The van der Waals surface area contributed by atoms with Gasteiger partial charge in [0.25, 0.3) is 0 Å². The molecule has 0 aliphatic heterocycles. The molecule has 0 spiro atoms. The van der Waals surface area contributed by atoms with E-state index in [1.807, 2.05) is 18.2 Å². The highest BCUT2D eigenvalue weighted by Gasteiger charge is 2.26. The lowest BCUT2D eigenvalue weighted by Gasteiger charge is -2.27. The molecule has 0 N–H and O–H groups in total. The average molecular weight is 547 g/mol. The third-order valence-electron chi connectivity index (χ3n) is 3.49. The minimum absolute atomic E-state index is 0.0862. The Kier molecular flexibility index (Phi) is 14.6. The molecule has 0 atom stereocenters. The first-order valence-corrected chi connectivity index (χ1v) is 11.7. The molecule has 0 bridgehead atoms. The van der Waals surface area contributed by atoms with E-state index in [-0.39, 0.29) is 5.41 Å². The van der Waals surface area contributed by atoms with Crippen LogP contribution in [0.4, 0.5) is 0 Å². The SMILES string of the molecule is BrCC(CBr)(CBr)COCCOCCOCCOCc1ccccc1. The second-order valence-corrected chi connectivity index (χ2v) is 7.40. The Morgan fingerprint density at radius 1 is 0.640 bits per heavy atom. The Hall–Kier alpha value is 0.500. The van der Waals surface area contributed by atoms with Crippen molar-refractivity contribution < 1.29 is 18.9 Å². The lowest BCUT2D eigenvalue weighted by atomic mass is 9.98. The van der Waals surface area contributed by atoms with Crippen molar-refractivity contribution in [2.24, 2.45) is 5.41 Å². The van der Waals surface area contributed by atoms with Crippen LogP contribution in [0.25, 0.3) is 0 Å². The second-order valence-electron chi connectivity index (χ2n) is 5.72. The third kappa shape index (κ3) is 11.1. The molecule has 1 rings (SSSR count). The lowest BCUT2D eigenvalue weighted by molar-refractivity contribution is -0.0110. The summed E-state index contributed by atoms with van der Waals surface area (Å²) in [7, 11) is 0. The Labute approximate surface area is 176 Å². The summed E-state index contributed by atoms with van der Waals surface area (Å²) in [6.07, 6.45) is 0. The first-order valence-electron chi connectivity index (χ1n) is 8.29. The van der Waals surface area contributed by atoms with Gasteiger partial charge in [-0.25, -0.2) is 0 Å². The molecule has 0 saturated carbocycles. The zero-order valence-corrected chi connectivity index (χ0v) is 19.2. The lowest BCUT2D eigenvalue weighted by Crippen LogP contribution is -2.33. The molecule has 0 saturated heterocycles. The van der Waals surface area contributed by atoms with Crippen LogP contribution in [-0.2, 0) is 25.6 Å². The molecule has 0 aromatic heterocycles. The van der Waals surface area contributed by atoms with Crippen LogP contribution in [0.3, 0.4) is 0 Å². The number of halogens is 3. The van der Waals surface area contributed by atoms with Gasteiger partial charge in [-0.15, -0.1) is 0 Å². The number of benzene rings is 1. The summed E-state index contributed by atoms with van der Waals surface area (Å²) in [5, 5.41) is 2.66. The summed E-state index contributed by atoms with van der Waals surface area (Å²) in [5.41, 5.74) is 1.26. The van der Waals surface area contributed by atoms with Gasteiger partial charge in [-0.1, -0.05) is 78.1 Å². The van der Waals surface area contributed by atoms with Crippen LogP contribution in [0.15, 0.2) is 30.3 Å². The van der Waals surface area contributed by atoms with Gasteiger partial charge >= 0.3 is 0 Å². The summed E-state index contributed by atoms with van der Waals surface area (Å²) in [4.78, 5) is 0. The highest BCUT2D eigenvalue weighted by atomic mass is 79.9. The number of ether oxygens (including phenoxy) is 4. The number of hydrogen-bond acceptors (Lipinski definition) is 4. The van der Waals surface area contributed by atoms with E-state index in [1.54, 1.807) is 0 Å². The van der Waals surface area contributed by atoms with Crippen LogP contribution in [0.1, 0.15) is 5.56 Å². The molecule has 0 amide bonds. The van der Waals surface area contributed by atoms with Crippen LogP contribution >= 0.6 is 47.8 Å². The minimum atomic E-state index is 0.0862. The maximum absolute atomic E-state index is 5.70. The normalized spacial score (nSPS) is 11.8. The molecule has 25 heavy (non-hydrogen) atoms. The molecular formula is C18H27Br3O4. The molecule has 0 aliphatic carbocycles.